The van der Waals surface area contributed by atoms with Crippen LogP contribution in [0.4, 0.5) is 10.7 Å². The topological polar surface area (TPSA) is 114 Å². The third-order valence-corrected chi connectivity index (χ3v) is 2.78. The fourth-order valence-electron chi connectivity index (χ4n) is 1.61. The number of carbonyl (C=O) groups excluding carboxylic acids is 1. The lowest BCUT2D eigenvalue weighted by molar-refractivity contribution is -0.141. The molecule has 0 aliphatic carbocycles. The Kier molecular flexibility index (Phi) is 5.70. The summed E-state index contributed by atoms with van der Waals surface area (Å²) in [6.07, 6.45) is 0.279. The van der Waals surface area contributed by atoms with Crippen molar-refractivity contribution in [3.05, 3.63) is 6.07 Å². The number of urea groups is 1. The number of anilines is 1. The van der Waals surface area contributed by atoms with Crippen LogP contribution in [0.2, 0.25) is 0 Å². The number of ether oxygens (including phenoxy) is 2. The van der Waals surface area contributed by atoms with Crippen LogP contribution in [-0.4, -0.2) is 59.3 Å². The van der Waals surface area contributed by atoms with Gasteiger partial charge in [0.2, 0.25) is 17.7 Å². The largest absolute Gasteiger partial charge is 0.481 e. The Hall–Kier alpha value is -2.58. The normalized spacial score (nSPS) is 11.4. The summed E-state index contributed by atoms with van der Waals surface area (Å²) >= 11 is 0. The molecule has 2 amide bonds. The minimum atomic E-state index is -1.08. The second-order valence-electron chi connectivity index (χ2n) is 4.08. The minimum Gasteiger partial charge on any atom is -0.481 e. The first-order valence-corrected chi connectivity index (χ1v) is 6.16. The van der Waals surface area contributed by atoms with Gasteiger partial charge >= 0.3 is 12.0 Å². The lowest BCUT2D eigenvalue weighted by Gasteiger charge is -2.23. The van der Waals surface area contributed by atoms with E-state index in [0.29, 0.717) is 0 Å². The summed E-state index contributed by atoms with van der Waals surface area (Å²) in [7, 11) is 4.21. The second kappa shape index (κ2) is 7.27. The van der Waals surface area contributed by atoms with E-state index >= 15 is 0 Å². The van der Waals surface area contributed by atoms with Crippen LogP contribution in [0.25, 0.3) is 0 Å². The molecule has 2 N–H and O–H groups in total. The quantitative estimate of drug-likeness (QED) is 0.799. The fourth-order valence-corrected chi connectivity index (χ4v) is 1.61. The number of rotatable bonds is 6. The molecule has 1 atom stereocenters. The molecule has 21 heavy (non-hydrogen) atoms. The number of likely N-dealkylation sites (N-methyl/N-ethyl adjacent to an activating group) is 1. The molecule has 116 valence electrons. The van der Waals surface area contributed by atoms with Gasteiger partial charge in [-0.2, -0.15) is 9.97 Å². The molecule has 0 fully saturated rings. The molecule has 1 aromatic rings. The van der Waals surface area contributed by atoms with Gasteiger partial charge in [-0.05, 0) is 6.42 Å². The maximum atomic E-state index is 12.0. The van der Waals surface area contributed by atoms with Crippen LogP contribution in [0, 0.1) is 0 Å². The Bertz CT molecular complexity index is 500. The van der Waals surface area contributed by atoms with Crippen LogP contribution < -0.4 is 14.8 Å². The van der Waals surface area contributed by atoms with Crippen LogP contribution >= 0.6 is 0 Å². The lowest BCUT2D eigenvalue weighted by atomic mass is 10.2. The highest BCUT2D eigenvalue weighted by Crippen LogP contribution is 2.17. The third-order valence-electron chi connectivity index (χ3n) is 2.78. The van der Waals surface area contributed by atoms with Gasteiger partial charge in [-0.15, -0.1) is 0 Å². The minimum absolute atomic E-state index is 0.0386. The number of carboxylic acids is 1. The Labute approximate surface area is 121 Å². The van der Waals surface area contributed by atoms with E-state index in [2.05, 4.69) is 15.3 Å². The number of aliphatic carboxylic acids is 1. The number of methoxy groups -OCH3 is 2. The number of hydrogen-bond acceptors (Lipinski definition) is 6. The summed E-state index contributed by atoms with van der Waals surface area (Å²) in [5.41, 5.74) is 0. The maximum Gasteiger partial charge on any atom is 0.326 e. The molecule has 0 aliphatic rings. The lowest BCUT2D eigenvalue weighted by Crippen LogP contribution is -2.44. The van der Waals surface area contributed by atoms with E-state index in [1.807, 2.05) is 0 Å². The zero-order chi connectivity index (χ0) is 16.0. The Morgan fingerprint density at radius 2 is 1.86 bits per heavy atom. The SMILES string of the molecule is CCC(C(=O)O)N(C)C(=O)Nc1nc(OC)cc(OC)n1. The monoisotopic (exact) mass is 298 g/mol. The van der Waals surface area contributed by atoms with E-state index in [1.165, 1.54) is 27.3 Å². The number of carbonyl (C=O) groups is 2. The van der Waals surface area contributed by atoms with E-state index in [1.54, 1.807) is 6.92 Å². The number of carboxylic acid groups (broad SMARTS) is 1. The predicted octanol–water partition coefficient (Wildman–Crippen LogP) is 0.821. The molecule has 0 radical (unpaired) electrons. The van der Waals surface area contributed by atoms with Crippen molar-refractivity contribution in [2.45, 2.75) is 19.4 Å². The summed E-state index contributed by atoms with van der Waals surface area (Å²) in [6, 6.07) is -0.122. The highest BCUT2D eigenvalue weighted by molar-refractivity contribution is 5.90. The van der Waals surface area contributed by atoms with Crippen molar-refractivity contribution >= 4 is 17.9 Å². The van der Waals surface area contributed by atoms with Crippen molar-refractivity contribution in [1.29, 1.82) is 0 Å². The van der Waals surface area contributed by atoms with Crippen molar-refractivity contribution in [3.8, 4) is 11.8 Å². The highest BCUT2D eigenvalue weighted by Gasteiger charge is 2.25. The number of nitrogens with zero attached hydrogens (tertiary/aromatic N) is 3. The Morgan fingerprint density at radius 3 is 2.24 bits per heavy atom. The van der Waals surface area contributed by atoms with Gasteiger partial charge in [-0.1, -0.05) is 6.92 Å². The van der Waals surface area contributed by atoms with Crippen molar-refractivity contribution in [2.75, 3.05) is 26.6 Å². The number of nitrogens with one attached hydrogen (secondary N) is 1. The van der Waals surface area contributed by atoms with Gasteiger partial charge in [-0.25, -0.2) is 9.59 Å². The van der Waals surface area contributed by atoms with Gasteiger partial charge in [-0.3, -0.25) is 5.32 Å². The molecule has 0 bridgehead atoms. The third kappa shape index (κ3) is 4.20. The van der Waals surface area contributed by atoms with E-state index in [4.69, 9.17) is 14.6 Å². The zero-order valence-electron chi connectivity index (χ0n) is 12.3. The number of hydrogen-bond donors (Lipinski definition) is 2. The first-order valence-electron chi connectivity index (χ1n) is 6.16. The first kappa shape index (κ1) is 16.5. The van der Waals surface area contributed by atoms with Crippen molar-refractivity contribution < 1.29 is 24.2 Å². The van der Waals surface area contributed by atoms with Crippen LogP contribution in [0.1, 0.15) is 13.3 Å². The van der Waals surface area contributed by atoms with Crippen LogP contribution in [0.5, 0.6) is 11.8 Å². The fraction of sp³-hybridized carbons (Fsp3) is 0.500. The van der Waals surface area contributed by atoms with E-state index in [0.717, 1.165) is 4.90 Å². The molecular formula is C12H18N4O5. The van der Waals surface area contributed by atoms with E-state index in [-0.39, 0.29) is 24.1 Å². The molecule has 0 aromatic carbocycles. The molecule has 1 rings (SSSR count). The molecule has 9 heteroatoms. The first-order chi connectivity index (χ1) is 9.92. The second-order valence-corrected chi connectivity index (χ2v) is 4.08. The standard InChI is InChI=1S/C12H18N4O5/c1-5-7(10(17)18)16(2)12(19)15-11-13-8(20-3)6-9(14-11)21-4/h6-7H,5H2,1-4H3,(H,17,18)(H,13,14,15,19). The van der Waals surface area contributed by atoms with Gasteiger partial charge in [0.05, 0.1) is 20.3 Å². The van der Waals surface area contributed by atoms with Crippen LogP contribution in [0.15, 0.2) is 6.07 Å². The molecule has 0 saturated carbocycles. The molecule has 1 heterocycles. The molecule has 0 spiro atoms. The smallest absolute Gasteiger partial charge is 0.326 e. The molecule has 1 aromatic heterocycles. The summed E-state index contributed by atoms with van der Waals surface area (Å²) in [5.74, 6) is -0.697. The average molecular weight is 298 g/mol. The van der Waals surface area contributed by atoms with Crippen LogP contribution in [-0.2, 0) is 4.79 Å². The van der Waals surface area contributed by atoms with Crippen molar-refractivity contribution in [2.24, 2.45) is 0 Å². The molecule has 0 aliphatic heterocycles. The van der Waals surface area contributed by atoms with Gasteiger partial charge in [0.1, 0.15) is 6.04 Å². The van der Waals surface area contributed by atoms with E-state index < -0.39 is 18.0 Å². The molecule has 0 saturated heterocycles. The molecular weight excluding hydrogens is 280 g/mol. The molecule has 1 unspecified atom stereocenters. The summed E-state index contributed by atoms with van der Waals surface area (Å²) < 4.78 is 9.91. The zero-order valence-corrected chi connectivity index (χ0v) is 12.3. The number of amides is 2. The van der Waals surface area contributed by atoms with Gasteiger partial charge in [0, 0.05) is 7.05 Å². The van der Waals surface area contributed by atoms with Crippen molar-refractivity contribution in [1.82, 2.24) is 14.9 Å². The summed E-state index contributed by atoms with van der Waals surface area (Å²) in [5, 5.41) is 11.4. The average Bonchev–Trinajstić information content (AvgIpc) is 2.46. The van der Waals surface area contributed by atoms with Gasteiger partial charge in [0.15, 0.2) is 0 Å². The summed E-state index contributed by atoms with van der Waals surface area (Å²) in [4.78, 5) is 32.0. The summed E-state index contributed by atoms with van der Waals surface area (Å²) in [6.45, 7) is 1.67. The van der Waals surface area contributed by atoms with Gasteiger partial charge in [0.25, 0.3) is 0 Å². The van der Waals surface area contributed by atoms with Crippen LogP contribution in [0.3, 0.4) is 0 Å². The van der Waals surface area contributed by atoms with E-state index in [9.17, 15) is 9.59 Å². The maximum absolute atomic E-state index is 12.0. The number of aromatic nitrogens is 2. The Morgan fingerprint density at radius 1 is 1.33 bits per heavy atom. The predicted molar refractivity (Wildman–Crippen MR) is 73.6 cm³/mol. The van der Waals surface area contributed by atoms with Gasteiger partial charge < -0.3 is 19.5 Å². The van der Waals surface area contributed by atoms with Crippen molar-refractivity contribution in [3.63, 3.8) is 0 Å². The Balaban J connectivity index is 2.89. The molecule has 9 nitrogen and oxygen atoms in total. The highest BCUT2D eigenvalue weighted by atomic mass is 16.5.